The smallest absolute Gasteiger partial charge is 0.409 e. The Labute approximate surface area is 185 Å². The monoisotopic (exact) mass is 429 g/mol. The van der Waals surface area contributed by atoms with Gasteiger partial charge in [-0.1, -0.05) is 93.5 Å². The molecule has 2 N–H and O–H groups in total. The van der Waals surface area contributed by atoms with E-state index in [9.17, 15) is 14.4 Å². The first-order valence-electron chi connectivity index (χ1n) is 7.51. The van der Waals surface area contributed by atoms with E-state index >= 15 is 0 Å². The average Bonchev–Trinajstić information content (AvgIpc) is 2.88. The lowest BCUT2D eigenvalue weighted by atomic mass is 10.3. The van der Waals surface area contributed by atoms with Crippen LogP contribution < -0.4 is 10.6 Å². The summed E-state index contributed by atoms with van der Waals surface area (Å²) in [6.07, 6.45) is -0.208. The normalized spacial score (nSPS) is 11.9. The Morgan fingerprint density at radius 2 is 1.14 bits per heavy atom. The SMILES string of the molecule is C.C.C.C.C.C.C.CC(C)C.CC(C)C.CN1CCOC1=O.O=C1CNC(=O)N1. The largest absolute Gasteiger partial charge is 0.448 e. The second kappa shape index (κ2) is 33.8. The maximum atomic E-state index is 10.3. The summed E-state index contributed by atoms with van der Waals surface area (Å²) in [6.45, 7) is 14.4. The molecule has 7 nitrogen and oxygen atoms in total. The van der Waals surface area contributed by atoms with Crippen LogP contribution >= 0.6 is 0 Å². The van der Waals surface area contributed by atoms with Crippen molar-refractivity contribution < 1.29 is 19.1 Å². The number of nitrogens with zero attached hydrogens (tertiary/aromatic N) is 1. The Balaban J connectivity index is -0.0000000250. The van der Waals surface area contributed by atoms with Gasteiger partial charge >= 0.3 is 12.1 Å². The van der Waals surface area contributed by atoms with Crippen LogP contribution in [-0.2, 0) is 9.53 Å². The minimum Gasteiger partial charge on any atom is -0.448 e. The minimum absolute atomic E-state index is 0. The lowest BCUT2D eigenvalue weighted by Crippen LogP contribution is -2.22. The number of urea groups is 1. The highest BCUT2D eigenvalue weighted by molar-refractivity contribution is 6.01. The predicted octanol–water partition coefficient (Wildman–Crippen LogP) is 6.67. The van der Waals surface area contributed by atoms with Crippen LogP contribution in [0.1, 0.15) is 93.5 Å². The number of carbonyl (C=O) groups is 3. The fourth-order valence-electron chi connectivity index (χ4n) is 0.847. The van der Waals surface area contributed by atoms with Crippen molar-refractivity contribution in [3.8, 4) is 0 Å². The Morgan fingerprint density at radius 1 is 0.793 bits per heavy atom. The van der Waals surface area contributed by atoms with Gasteiger partial charge < -0.3 is 15.0 Å². The van der Waals surface area contributed by atoms with E-state index in [0.717, 1.165) is 18.4 Å². The molecule has 0 bridgehead atoms. The van der Waals surface area contributed by atoms with Gasteiger partial charge in [0.15, 0.2) is 0 Å². The molecule has 7 heteroatoms. The summed E-state index contributed by atoms with van der Waals surface area (Å²) in [7, 11) is 1.72. The van der Waals surface area contributed by atoms with Crippen LogP contribution in [-0.4, -0.2) is 49.7 Å². The molecule has 186 valence electrons. The van der Waals surface area contributed by atoms with E-state index in [2.05, 4.69) is 51.6 Å². The molecule has 0 unspecified atom stereocenters. The first-order chi connectivity index (χ1) is 10.1. The quantitative estimate of drug-likeness (QED) is 0.421. The van der Waals surface area contributed by atoms with Gasteiger partial charge in [-0.05, 0) is 11.8 Å². The van der Waals surface area contributed by atoms with Crippen molar-refractivity contribution in [1.29, 1.82) is 0 Å². The van der Waals surface area contributed by atoms with E-state index < -0.39 is 6.03 Å². The summed E-state index contributed by atoms with van der Waals surface area (Å²) in [4.78, 5) is 31.9. The fourth-order valence-corrected chi connectivity index (χ4v) is 0.847. The van der Waals surface area contributed by atoms with Gasteiger partial charge in [0, 0.05) is 7.05 Å². The van der Waals surface area contributed by atoms with Gasteiger partial charge in [-0.3, -0.25) is 10.1 Å². The summed E-state index contributed by atoms with van der Waals surface area (Å²) in [5.74, 6) is 1.41. The predicted molar refractivity (Wildman–Crippen MR) is 134 cm³/mol. The number of amides is 4. The van der Waals surface area contributed by atoms with Crippen LogP contribution in [0.2, 0.25) is 0 Å². The summed E-state index contributed by atoms with van der Waals surface area (Å²) >= 11 is 0. The molecular weight excluding hydrogens is 370 g/mol. The highest BCUT2D eigenvalue weighted by Crippen LogP contribution is 1.96. The molecule has 2 aliphatic heterocycles. The average molecular weight is 430 g/mol. The Morgan fingerprint density at radius 3 is 1.21 bits per heavy atom. The van der Waals surface area contributed by atoms with E-state index in [4.69, 9.17) is 0 Å². The molecule has 0 aromatic carbocycles. The first-order valence-corrected chi connectivity index (χ1v) is 7.51. The molecule has 2 saturated heterocycles. The molecule has 0 atom stereocenters. The van der Waals surface area contributed by atoms with Crippen LogP contribution in [0.4, 0.5) is 9.59 Å². The zero-order valence-corrected chi connectivity index (χ0v) is 14.9. The molecule has 0 radical (unpaired) electrons. The molecule has 4 amide bonds. The van der Waals surface area contributed by atoms with Crippen LogP contribution in [0.3, 0.4) is 0 Å². The molecule has 0 aliphatic carbocycles. The van der Waals surface area contributed by atoms with Crippen molar-refractivity contribution in [2.24, 2.45) is 11.8 Å². The number of rotatable bonds is 0. The lowest BCUT2D eigenvalue weighted by Gasteiger charge is -1.98. The summed E-state index contributed by atoms with van der Waals surface area (Å²) < 4.78 is 4.55. The topological polar surface area (TPSA) is 87.7 Å². The van der Waals surface area contributed by atoms with Crippen LogP contribution in [0, 0.1) is 11.8 Å². The Bertz CT molecular complexity index is 321. The van der Waals surface area contributed by atoms with Crippen LogP contribution in [0.25, 0.3) is 0 Å². The molecule has 0 saturated carbocycles. The zero-order chi connectivity index (χ0) is 17.7. The molecular formula is C22H59N3O4. The van der Waals surface area contributed by atoms with Gasteiger partial charge in [0.05, 0.1) is 13.1 Å². The summed E-state index contributed by atoms with van der Waals surface area (Å²) in [6, 6.07) is -0.398. The fraction of sp³-hybridized carbons (Fsp3) is 0.864. The third-order valence-corrected chi connectivity index (χ3v) is 1.63. The summed E-state index contributed by atoms with van der Waals surface area (Å²) in [5, 5.41) is 4.30. The Kier molecular flexibility index (Phi) is 65.6. The number of nitrogens with one attached hydrogen (secondary N) is 2. The number of cyclic esters (lactones) is 1. The van der Waals surface area contributed by atoms with Gasteiger partial charge in [-0.2, -0.15) is 0 Å². The van der Waals surface area contributed by atoms with E-state index in [1.54, 1.807) is 11.9 Å². The van der Waals surface area contributed by atoms with E-state index in [1.165, 1.54) is 0 Å². The van der Waals surface area contributed by atoms with Gasteiger partial charge in [-0.25, -0.2) is 9.59 Å². The highest BCUT2D eigenvalue weighted by atomic mass is 16.6. The number of ether oxygens (including phenoxy) is 1. The molecule has 0 spiro atoms. The van der Waals surface area contributed by atoms with E-state index in [1.807, 2.05) is 5.32 Å². The molecule has 2 fully saturated rings. The maximum Gasteiger partial charge on any atom is 0.409 e. The molecule has 2 rings (SSSR count). The molecule has 0 aromatic rings. The van der Waals surface area contributed by atoms with Crippen molar-refractivity contribution in [1.82, 2.24) is 15.5 Å². The zero-order valence-electron chi connectivity index (χ0n) is 14.9. The molecule has 0 aromatic heterocycles. The second-order valence-electron chi connectivity index (χ2n) is 6.23. The standard InChI is InChI=1S/C4H7NO2.2C4H10.C3H4N2O2.7CH4/c1-5-2-3-7-4(5)6;2*1-4(2)3;6-2-1-4-3(7)5-2;;;;;;;/h2-3H2,1H3;2*4H,1-3H3;1H2,(H2,4,5,6,7);7*1H4. The van der Waals surface area contributed by atoms with Crippen molar-refractivity contribution in [3.05, 3.63) is 0 Å². The first kappa shape index (κ1) is 56.4. The van der Waals surface area contributed by atoms with Gasteiger partial charge in [-0.15, -0.1) is 0 Å². The van der Waals surface area contributed by atoms with Crippen LogP contribution in [0.5, 0.6) is 0 Å². The van der Waals surface area contributed by atoms with Crippen molar-refractivity contribution in [3.63, 3.8) is 0 Å². The number of carbonyl (C=O) groups excluding carboxylic acids is 3. The lowest BCUT2D eigenvalue weighted by molar-refractivity contribution is -0.117. The number of imide groups is 1. The number of hydrogen-bond acceptors (Lipinski definition) is 4. The van der Waals surface area contributed by atoms with E-state index in [-0.39, 0.29) is 70.5 Å². The van der Waals surface area contributed by atoms with Gasteiger partial charge in [0.2, 0.25) is 5.91 Å². The van der Waals surface area contributed by atoms with Crippen molar-refractivity contribution >= 4 is 18.0 Å². The van der Waals surface area contributed by atoms with E-state index in [0.29, 0.717) is 6.61 Å². The highest BCUT2D eigenvalue weighted by Gasteiger charge is 2.15. The third-order valence-electron chi connectivity index (χ3n) is 1.63. The second-order valence-corrected chi connectivity index (χ2v) is 6.23. The summed E-state index contributed by atoms with van der Waals surface area (Å²) in [5.41, 5.74) is 0. The number of likely N-dealkylation sites (N-methyl/N-ethyl adjacent to an activating group) is 1. The third kappa shape index (κ3) is 51.9. The van der Waals surface area contributed by atoms with Crippen molar-refractivity contribution in [2.75, 3.05) is 26.7 Å². The van der Waals surface area contributed by atoms with Gasteiger partial charge in [0.1, 0.15) is 6.61 Å². The maximum absolute atomic E-state index is 10.3. The number of hydrogen-bond donors (Lipinski definition) is 2. The minimum atomic E-state index is -0.398. The molecule has 2 aliphatic rings. The molecule has 2 heterocycles. The van der Waals surface area contributed by atoms with Gasteiger partial charge in [0.25, 0.3) is 0 Å². The Hall–Kier alpha value is -1.79. The van der Waals surface area contributed by atoms with Crippen LogP contribution in [0.15, 0.2) is 0 Å². The van der Waals surface area contributed by atoms with Crippen molar-refractivity contribution in [2.45, 2.75) is 93.5 Å². The molecule has 29 heavy (non-hydrogen) atoms.